The van der Waals surface area contributed by atoms with Crippen LogP contribution in [0.3, 0.4) is 0 Å². The summed E-state index contributed by atoms with van der Waals surface area (Å²) in [5, 5.41) is 16.7. The number of aliphatic carboxylic acids is 1. The first-order valence-electron chi connectivity index (χ1n) is 9.52. The van der Waals surface area contributed by atoms with Crippen LogP contribution in [0.5, 0.6) is 0 Å². The summed E-state index contributed by atoms with van der Waals surface area (Å²) in [7, 11) is 0. The van der Waals surface area contributed by atoms with E-state index in [-0.39, 0.29) is 18.4 Å². The van der Waals surface area contributed by atoms with E-state index in [2.05, 4.69) is 16.5 Å². The number of carboxylic acids is 1. The number of aryl methyl sites for hydroxylation is 1. The Bertz CT molecular complexity index is 861. The Kier molecular flexibility index (Phi) is 4.83. The second-order valence-electron chi connectivity index (χ2n) is 7.29. The minimum absolute atomic E-state index is 0.0657. The SMILES string of the molecule is O=C(O)Cn1ccc([C@@H]2CCCN(C(=O)c3cccc4c3NCCC4)C2)n1. The Labute approximate surface area is 158 Å². The number of nitrogens with one attached hydrogen (secondary N) is 1. The second kappa shape index (κ2) is 7.42. The monoisotopic (exact) mass is 368 g/mol. The standard InChI is InChI=1S/C20H24N4O3/c25-18(26)13-24-11-8-17(22-24)15-6-3-10-23(12-15)20(27)16-7-1-4-14-5-2-9-21-19(14)16/h1,4,7-8,11,15,21H,2-3,5-6,9-10,12-13H2,(H,25,26)/t15-/m1/s1. The van der Waals surface area contributed by atoms with E-state index in [1.165, 1.54) is 10.2 Å². The van der Waals surface area contributed by atoms with Gasteiger partial charge in [0.15, 0.2) is 0 Å². The van der Waals surface area contributed by atoms with Crippen LogP contribution >= 0.6 is 0 Å². The van der Waals surface area contributed by atoms with Crippen molar-refractivity contribution in [2.45, 2.75) is 38.1 Å². The summed E-state index contributed by atoms with van der Waals surface area (Å²) >= 11 is 0. The van der Waals surface area contributed by atoms with Crippen LogP contribution in [-0.4, -0.2) is 51.3 Å². The number of amides is 1. The average Bonchev–Trinajstić information content (AvgIpc) is 3.15. The molecule has 7 heteroatoms. The number of aromatic nitrogens is 2. The number of rotatable bonds is 4. The predicted octanol–water partition coefficient (Wildman–Crippen LogP) is 2.35. The highest BCUT2D eigenvalue weighted by molar-refractivity contribution is 6.00. The lowest BCUT2D eigenvalue weighted by Gasteiger charge is -2.33. The van der Waals surface area contributed by atoms with Gasteiger partial charge in [0, 0.05) is 31.7 Å². The minimum atomic E-state index is -0.911. The molecule has 0 unspecified atom stereocenters. The summed E-state index contributed by atoms with van der Waals surface area (Å²) in [4.78, 5) is 25.9. The summed E-state index contributed by atoms with van der Waals surface area (Å²) in [6.45, 7) is 2.12. The molecule has 0 saturated carbocycles. The van der Waals surface area contributed by atoms with Crippen molar-refractivity contribution in [3.8, 4) is 0 Å². The number of carboxylic acid groups (broad SMARTS) is 1. The third-order valence-corrected chi connectivity index (χ3v) is 5.39. The molecule has 1 atom stereocenters. The molecule has 27 heavy (non-hydrogen) atoms. The Morgan fingerprint density at radius 1 is 1.26 bits per heavy atom. The van der Waals surface area contributed by atoms with E-state index in [0.29, 0.717) is 6.54 Å². The van der Waals surface area contributed by atoms with E-state index in [4.69, 9.17) is 5.11 Å². The number of likely N-dealkylation sites (tertiary alicyclic amines) is 1. The molecule has 1 aromatic carbocycles. The van der Waals surface area contributed by atoms with Crippen LogP contribution in [0, 0.1) is 0 Å². The largest absolute Gasteiger partial charge is 0.480 e. The first-order valence-corrected chi connectivity index (χ1v) is 9.52. The molecule has 0 bridgehead atoms. The lowest BCUT2D eigenvalue weighted by atomic mass is 9.93. The number of carbonyl (C=O) groups is 2. The zero-order valence-corrected chi connectivity index (χ0v) is 15.2. The summed E-state index contributed by atoms with van der Waals surface area (Å²) in [5.41, 5.74) is 3.82. The van der Waals surface area contributed by atoms with Crippen molar-refractivity contribution in [1.82, 2.24) is 14.7 Å². The summed E-state index contributed by atoms with van der Waals surface area (Å²) in [6.07, 6.45) is 5.67. The maximum absolute atomic E-state index is 13.2. The topological polar surface area (TPSA) is 87.5 Å². The van der Waals surface area contributed by atoms with Crippen molar-refractivity contribution in [1.29, 1.82) is 0 Å². The van der Waals surface area contributed by atoms with Crippen molar-refractivity contribution in [2.24, 2.45) is 0 Å². The van der Waals surface area contributed by atoms with Crippen LogP contribution in [-0.2, 0) is 17.8 Å². The lowest BCUT2D eigenvalue weighted by molar-refractivity contribution is -0.137. The van der Waals surface area contributed by atoms with E-state index in [1.807, 2.05) is 23.1 Å². The molecule has 2 aromatic rings. The van der Waals surface area contributed by atoms with Crippen molar-refractivity contribution >= 4 is 17.6 Å². The number of carbonyl (C=O) groups excluding carboxylic acids is 1. The fraction of sp³-hybridized carbons (Fsp3) is 0.450. The van der Waals surface area contributed by atoms with Crippen molar-refractivity contribution in [2.75, 3.05) is 25.0 Å². The van der Waals surface area contributed by atoms with Gasteiger partial charge in [-0.25, -0.2) is 0 Å². The number of piperidine rings is 1. The Balaban J connectivity index is 1.51. The van der Waals surface area contributed by atoms with Gasteiger partial charge >= 0.3 is 5.97 Å². The normalized spacial score (nSPS) is 19.3. The Hall–Kier alpha value is -2.83. The smallest absolute Gasteiger partial charge is 0.325 e. The zero-order valence-electron chi connectivity index (χ0n) is 15.2. The fourth-order valence-electron chi connectivity index (χ4n) is 4.08. The second-order valence-corrected chi connectivity index (χ2v) is 7.29. The van der Waals surface area contributed by atoms with Gasteiger partial charge in [-0.1, -0.05) is 12.1 Å². The lowest BCUT2D eigenvalue weighted by Crippen LogP contribution is -2.39. The molecule has 142 valence electrons. The third-order valence-electron chi connectivity index (χ3n) is 5.39. The number of anilines is 1. The predicted molar refractivity (Wildman–Crippen MR) is 101 cm³/mol. The number of benzene rings is 1. The molecule has 2 N–H and O–H groups in total. The molecule has 0 radical (unpaired) electrons. The van der Waals surface area contributed by atoms with Gasteiger partial charge in [-0.05, 0) is 43.4 Å². The Morgan fingerprint density at radius 3 is 3.00 bits per heavy atom. The number of hydrogen-bond donors (Lipinski definition) is 2. The third kappa shape index (κ3) is 3.67. The molecule has 1 fully saturated rings. The molecule has 0 spiro atoms. The maximum Gasteiger partial charge on any atom is 0.325 e. The molecule has 7 nitrogen and oxygen atoms in total. The molecule has 4 rings (SSSR count). The minimum Gasteiger partial charge on any atom is -0.480 e. The van der Waals surface area contributed by atoms with E-state index in [1.54, 1.807) is 6.20 Å². The Morgan fingerprint density at radius 2 is 2.15 bits per heavy atom. The maximum atomic E-state index is 13.2. The molecule has 0 aliphatic carbocycles. The average molecular weight is 368 g/mol. The highest BCUT2D eigenvalue weighted by atomic mass is 16.4. The van der Waals surface area contributed by atoms with Gasteiger partial charge in [-0.3, -0.25) is 14.3 Å². The fourth-order valence-corrected chi connectivity index (χ4v) is 4.08. The van der Waals surface area contributed by atoms with E-state index >= 15 is 0 Å². The molecule has 2 aliphatic rings. The summed E-state index contributed by atoms with van der Waals surface area (Å²) < 4.78 is 1.44. The van der Waals surface area contributed by atoms with E-state index in [0.717, 1.165) is 55.7 Å². The van der Waals surface area contributed by atoms with Gasteiger partial charge in [0.1, 0.15) is 6.54 Å². The van der Waals surface area contributed by atoms with Crippen LogP contribution in [0.1, 0.15) is 46.8 Å². The van der Waals surface area contributed by atoms with Crippen molar-refractivity contribution < 1.29 is 14.7 Å². The highest BCUT2D eigenvalue weighted by Crippen LogP contribution is 2.30. The number of nitrogens with zero attached hydrogens (tertiary/aromatic N) is 3. The van der Waals surface area contributed by atoms with Gasteiger partial charge in [-0.2, -0.15) is 5.10 Å². The molecule has 1 aromatic heterocycles. The molecular weight excluding hydrogens is 344 g/mol. The van der Waals surface area contributed by atoms with Gasteiger partial charge in [0.05, 0.1) is 16.9 Å². The van der Waals surface area contributed by atoms with Crippen molar-refractivity contribution in [3.63, 3.8) is 0 Å². The highest BCUT2D eigenvalue weighted by Gasteiger charge is 2.29. The van der Waals surface area contributed by atoms with E-state index < -0.39 is 5.97 Å². The van der Waals surface area contributed by atoms with Gasteiger partial charge in [0.25, 0.3) is 5.91 Å². The van der Waals surface area contributed by atoms with Crippen LogP contribution in [0.15, 0.2) is 30.5 Å². The van der Waals surface area contributed by atoms with Crippen LogP contribution in [0.4, 0.5) is 5.69 Å². The van der Waals surface area contributed by atoms with Gasteiger partial charge in [-0.15, -0.1) is 0 Å². The number of hydrogen-bond acceptors (Lipinski definition) is 4. The molecule has 2 aliphatic heterocycles. The molecular formula is C20H24N4O3. The molecule has 1 amide bonds. The van der Waals surface area contributed by atoms with Crippen LogP contribution in [0.25, 0.3) is 0 Å². The number of fused-ring (bicyclic) bond motifs is 1. The van der Waals surface area contributed by atoms with E-state index in [9.17, 15) is 9.59 Å². The zero-order chi connectivity index (χ0) is 18.8. The van der Waals surface area contributed by atoms with Gasteiger partial charge in [0.2, 0.25) is 0 Å². The van der Waals surface area contributed by atoms with Gasteiger partial charge < -0.3 is 15.3 Å². The van der Waals surface area contributed by atoms with Crippen molar-refractivity contribution in [3.05, 3.63) is 47.3 Å². The van der Waals surface area contributed by atoms with Crippen LogP contribution in [0.2, 0.25) is 0 Å². The molecule has 1 saturated heterocycles. The quantitative estimate of drug-likeness (QED) is 0.865. The first-order chi connectivity index (χ1) is 13.1. The molecule has 3 heterocycles. The van der Waals surface area contributed by atoms with Crippen LogP contribution < -0.4 is 5.32 Å². The summed E-state index contributed by atoms with van der Waals surface area (Å²) in [6, 6.07) is 7.83. The summed E-state index contributed by atoms with van der Waals surface area (Å²) in [5.74, 6) is -0.701. The number of para-hydroxylation sites is 1. The first kappa shape index (κ1) is 17.6.